The Morgan fingerprint density at radius 2 is 0.789 bits per heavy atom. The van der Waals surface area contributed by atoms with Crippen LogP contribution in [0.3, 0.4) is 0 Å². The van der Waals surface area contributed by atoms with E-state index in [1.807, 2.05) is 0 Å². The highest BCUT2D eigenvalue weighted by atomic mass is 15.1. The molecule has 0 spiro atoms. The van der Waals surface area contributed by atoms with Gasteiger partial charge < -0.3 is 0 Å². The Labute approximate surface area is 329 Å². The molecule has 0 saturated heterocycles. The van der Waals surface area contributed by atoms with Crippen molar-refractivity contribution in [2.45, 2.75) is 0 Å². The molecule has 0 bridgehead atoms. The molecule has 0 N–H and O–H groups in total. The standard InChI is InChI=1S/C55H34N2/c1-2-15-42(16-3-1)57-50-21-11-10-20-49(50)56-55(57)40-27-25-39(26-28-40)51-46-32-30-37-14-6-9-19-45(37)54(46)52(47-33-31-36-13-5-8-18-44(36)53(47)51)41-29-24-38-23-22-35-12-4-7-17-43(35)48(38)34-41/h1-34H. The van der Waals surface area contributed by atoms with Crippen LogP contribution in [0.5, 0.6) is 0 Å². The van der Waals surface area contributed by atoms with Crippen LogP contribution in [0.4, 0.5) is 0 Å². The summed E-state index contributed by atoms with van der Waals surface area (Å²) in [6.07, 6.45) is 0. The zero-order valence-electron chi connectivity index (χ0n) is 31.0. The van der Waals surface area contributed by atoms with Crippen molar-refractivity contribution < 1.29 is 0 Å². The summed E-state index contributed by atoms with van der Waals surface area (Å²) in [5, 5.41) is 15.1. The van der Waals surface area contributed by atoms with E-state index >= 15 is 0 Å². The van der Waals surface area contributed by atoms with E-state index in [4.69, 9.17) is 4.98 Å². The third kappa shape index (κ3) is 4.87. The number of benzene rings is 11. The molecular formula is C55H34N2. The molecule has 0 atom stereocenters. The van der Waals surface area contributed by atoms with Gasteiger partial charge in [-0.2, -0.15) is 0 Å². The molecule has 0 unspecified atom stereocenters. The molecule has 2 nitrogen and oxygen atoms in total. The first kappa shape index (κ1) is 31.8. The Morgan fingerprint density at radius 3 is 1.47 bits per heavy atom. The first-order valence-electron chi connectivity index (χ1n) is 19.6. The maximum atomic E-state index is 5.19. The Kier molecular flexibility index (Phi) is 6.96. The van der Waals surface area contributed by atoms with Crippen molar-refractivity contribution in [3.8, 4) is 39.3 Å². The van der Waals surface area contributed by atoms with E-state index < -0.39 is 0 Å². The number of fused-ring (bicyclic) bond motifs is 10. The Bertz CT molecular complexity index is 3560. The summed E-state index contributed by atoms with van der Waals surface area (Å²) in [5.41, 5.74) is 9.17. The fourth-order valence-corrected chi connectivity index (χ4v) is 9.37. The SMILES string of the molecule is c1ccc(-n2c(-c3ccc(-c4c5ccc6ccccc6c5c(-c5ccc6ccc7ccccc7c6c5)c5ccc6ccccc6c45)cc3)nc3ccccc32)cc1. The van der Waals surface area contributed by atoms with Crippen LogP contribution in [0.1, 0.15) is 0 Å². The van der Waals surface area contributed by atoms with Gasteiger partial charge in [-0.15, -0.1) is 0 Å². The number of aromatic nitrogens is 2. The van der Waals surface area contributed by atoms with Crippen molar-refractivity contribution in [3.63, 3.8) is 0 Å². The minimum absolute atomic E-state index is 0.930. The minimum atomic E-state index is 0.930. The van der Waals surface area contributed by atoms with Gasteiger partial charge in [0, 0.05) is 11.3 Å². The number of imidazole rings is 1. The van der Waals surface area contributed by atoms with Crippen LogP contribution in [-0.2, 0) is 0 Å². The first-order chi connectivity index (χ1) is 28.3. The molecule has 2 heteroatoms. The third-order valence-electron chi connectivity index (χ3n) is 11.9. The van der Waals surface area contributed by atoms with E-state index in [1.165, 1.54) is 86.9 Å². The average molecular weight is 723 g/mol. The number of nitrogens with zero attached hydrogens (tertiary/aromatic N) is 2. The van der Waals surface area contributed by atoms with Crippen LogP contribution in [0.25, 0.3) is 115 Å². The molecule has 0 aliphatic heterocycles. The number of para-hydroxylation sites is 3. The van der Waals surface area contributed by atoms with Gasteiger partial charge in [0.1, 0.15) is 5.82 Å². The summed E-state index contributed by atoms with van der Waals surface area (Å²) in [4.78, 5) is 5.19. The van der Waals surface area contributed by atoms with E-state index in [-0.39, 0.29) is 0 Å². The second-order valence-corrected chi connectivity index (χ2v) is 15.1. The molecule has 1 heterocycles. The topological polar surface area (TPSA) is 17.8 Å². The highest BCUT2D eigenvalue weighted by molar-refractivity contribution is 6.32. The van der Waals surface area contributed by atoms with Crippen molar-refractivity contribution in [2.75, 3.05) is 0 Å². The van der Waals surface area contributed by atoms with Crippen LogP contribution in [-0.4, -0.2) is 9.55 Å². The normalized spacial score (nSPS) is 11.9. The van der Waals surface area contributed by atoms with Gasteiger partial charge in [0.25, 0.3) is 0 Å². The summed E-state index contributed by atoms with van der Waals surface area (Å²) in [5.74, 6) is 0.930. The molecule has 11 aromatic carbocycles. The lowest BCUT2D eigenvalue weighted by Gasteiger charge is -2.21. The molecule has 57 heavy (non-hydrogen) atoms. The van der Waals surface area contributed by atoms with Crippen LogP contribution in [0, 0.1) is 0 Å². The van der Waals surface area contributed by atoms with Crippen LogP contribution < -0.4 is 0 Å². The van der Waals surface area contributed by atoms with E-state index in [2.05, 4.69) is 211 Å². The Morgan fingerprint density at radius 1 is 0.316 bits per heavy atom. The van der Waals surface area contributed by atoms with Gasteiger partial charge in [0.2, 0.25) is 0 Å². The lowest BCUT2D eigenvalue weighted by Crippen LogP contribution is -1.97. The molecule has 0 fully saturated rings. The molecule has 0 aliphatic rings. The van der Waals surface area contributed by atoms with Gasteiger partial charge in [0.15, 0.2) is 0 Å². The first-order valence-corrected chi connectivity index (χ1v) is 19.6. The third-order valence-corrected chi connectivity index (χ3v) is 11.9. The fraction of sp³-hybridized carbons (Fsp3) is 0. The molecule has 12 rings (SSSR count). The van der Waals surface area contributed by atoms with Crippen molar-refractivity contribution in [1.29, 1.82) is 0 Å². The quantitative estimate of drug-likeness (QED) is 0.131. The summed E-state index contributed by atoms with van der Waals surface area (Å²) in [6.45, 7) is 0. The second kappa shape index (κ2) is 12.5. The van der Waals surface area contributed by atoms with E-state index in [1.54, 1.807) is 0 Å². The highest BCUT2D eigenvalue weighted by Gasteiger charge is 2.22. The van der Waals surface area contributed by atoms with Crippen LogP contribution in [0.15, 0.2) is 206 Å². The minimum Gasteiger partial charge on any atom is -0.292 e. The van der Waals surface area contributed by atoms with Crippen LogP contribution >= 0.6 is 0 Å². The summed E-state index contributed by atoms with van der Waals surface area (Å²) < 4.78 is 2.27. The second-order valence-electron chi connectivity index (χ2n) is 15.1. The van der Waals surface area contributed by atoms with Crippen molar-refractivity contribution in [1.82, 2.24) is 9.55 Å². The van der Waals surface area contributed by atoms with Gasteiger partial charge >= 0.3 is 0 Å². The highest BCUT2D eigenvalue weighted by Crippen LogP contribution is 2.49. The lowest BCUT2D eigenvalue weighted by atomic mass is 9.82. The van der Waals surface area contributed by atoms with Crippen molar-refractivity contribution >= 4 is 75.7 Å². The maximum absolute atomic E-state index is 5.19. The monoisotopic (exact) mass is 722 g/mol. The van der Waals surface area contributed by atoms with Crippen molar-refractivity contribution in [2.24, 2.45) is 0 Å². The summed E-state index contributed by atoms with van der Waals surface area (Å²) >= 11 is 0. The number of hydrogen-bond acceptors (Lipinski definition) is 1. The zero-order valence-corrected chi connectivity index (χ0v) is 31.0. The fourth-order valence-electron chi connectivity index (χ4n) is 9.37. The van der Waals surface area contributed by atoms with E-state index in [0.29, 0.717) is 0 Å². The Hall–Kier alpha value is -7.55. The van der Waals surface area contributed by atoms with Gasteiger partial charge in [-0.25, -0.2) is 4.98 Å². The zero-order chi connectivity index (χ0) is 37.5. The molecule has 0 saturated carbocycles. The summed E-state index contributed by atoms with van der Waals surface area (Å²) in [6, 6.07) is 75.4. The van der Waals surface area contributed by atoms with Gasteiger partial charge in [-0.05, 0) is 117 Å². The number of rotatable bonds is 4. The average Bonchev–Trinajstić information content (AvgIpc) is 3.68. The van der Waals surface area contributed by atoms with Gasteiger partial charge in [0.05, 0.1) is 11.0 Å². The lowest BCUT2D eigenvalue weighted by molar-refractivity contribution is 1.10. The largest absolute Gasteiger partial charge is 0.292 e. The van der Waals surface area contributed by atoms with Crippen LogP contribution in [0.2, 0.25) is 0 Å². The molecule has 0 radical (unpaired) electrons. The van der Waals surface area contributed by atoms with Crippen molar-refractivity contribution in [3.05, 3.63) is 206 Å². The molecular weight excluding hydrogens is 689 g/mol. The summed E-state index contributed by atoms with van der Waals surface area (Å²) in [7, 11) is 0. The Balaban J connectivity index is 1.17. The van der Waals surface area contributed by atoms with Gasteiger partial charge in [-0.1, -0.05) is 176 Å². The van der Waals surface area contributed by atoms with E-state index in [0.717, 1.165) is 28.1 Å². The molecule has 1 aromatic heterocycles. The number of hydrogen-bond donors (Lipinski definition) is 0. The predicted octanol–water partition coefficient (Wildman–Crippen LogP) is 14.9. The maximum Gasteiger partial charge on any atom is 0.145 e. The molecule has 264 valence electrons. The predicted molar refractivity (Wildman–Crippen MR) is 242 cm³/mol. The van der Waals surface area contributed by atoms with E-state index in [9.17, 15) is 0 Å². The smallest absolute Gasteiger partial charge is 0.145 e. The molecule has 0 aliphatic carbocycles. The molecule has 12 aromatic rings. The van der Waals surface area contributed by atoms with Gasteiger partial charge in [-0.3, -0.25) is 4.57 Å². The molecule has 0 amide bonds.